The highest BCUT2D eigenvalue weighted by Gasteiger charge is 2.25. The summed E-state index contributed by atoms with van der Waals surface area (Å²) in [5.74, 6) is -1.02. The predicted octanol–water partition coefficient (Wildman–Crippen LogP) is 3.42. The van der Waals surface area contributed by atoms with Crippen molar-refractivity contribution in [1.29, 1.82) is 0 Å². The summed E-state index contributed by atoms with van der Waals surface area (Å²) < 4.78 is 10.6. The maximum absolute atomic E-state index is 12.1. The number of esters is 2. The number of alkyl halides is 1. The van der Waals surface area contributed by atoms with Gasteiger partial charge in [-0.2, -0.15) is 0 Å². The van der Waals surface area contributed by atoms with Gasteiger partial charge in [0.25, 0.3) is 0 Å². The van der Waals surface area contributed by atoms with Crippen LogP contribution in [0, 0.1) is 0 Å². The smallest absolute Gasteiger partial charge is 0.338 e. The number of ether oxygens (including phenoxy) is 2. The summed E-state index contributed by atoms with van der Waals surface area (Å²) in [6.07, 6.45) is -0.0816. The lowest BCUT2D eigenvalue weighted by atomic mass is 10.2. The summed E-state index contributed by atoms with van der Waals surface area (Å²) in [4.78, 5) is 34.5. The van der Waals surface area contributed by atoms with E-state index < -0.39 is 22.9 Å². The molecule has 2 aromatic carbocycles. The number of carbonyl (C=O) groups is 3. The van der Waals surface area contributed by atoms with Crippen molar-refractivity contribution < 1.29 is 23.9 Å². The molecule has 0 bridgehead atoms. The lowest BCUT2D eigenvalue weighted by molar-refractivity contribution is -0.109. The van der Waals surface area contributed by atoms with E-state index in [9.17, 15) is 14.4 Å². The van der Waals surface area contributed by atoms with Gasteiger partial charge in [0.05, 0.1) is 16.0 Å². The van der Waals surface area contributed by atoms with Crippen molar-refractivity contribution >= 4 is 34.2 Å². The van der Waals surface area contributed by atoms with Crippen LogP contribution in [0.1, 0.15) is 27.1 Å². The Morgan fingerprint density at radius 2 is 1.44 bits per heavy atom. The van der Waals surface area contributed by atoms with Gasteiger partial charge in [0, 0.05) is 6.42 Å². The van der Waals surface area contributed by atoms with Gasteiger partial charge >= 0.3 is 11.9 Å². The van der Waals surface area contributed by atoms with Crippen molar-refractivity contribution in [3.8, 4) is 0 Å². The molecule has 0 aliphatic carbocycles. The Morgan fingerprint density at radius 1 is 0.920 bits per heavy atom. The monoisotopic (exact) mass is 404 g/mol. The van der Waals surface area contributed by atoms with Crippen LogP contribution in [-0.2, 0) is 14.3 Å². The van der Waals surface area contributed by atoms with Crippen molar-refractivity contribution in [2.24, 2.45) is 0 Å². The van der Waals surface area contributed by atoms with E-state index >= 15 is 0 Å². The molecule has 0 radical (unpaired) electrons. The third-order valence-corrected chi connectivity index (χ3v) is 4.24. The fraction of sp³-hybridized carbons (Fsp3) is 0.211. The fourth-order valence-electron chi connectivity index (χ4n) is 2.06. The Bertz CT molecular complexity index is 702. The van der Waals surface area contributed by atoms with Crippen molar-refractivity contribution in [1.82, 2.24) is 0 Å². The number of carbonyl (C=O) groups excluding carboxylic acids is 3. The Morgan fingerprint density at radius 3 is 1.96 bits per heavy atom. The molecular formula is C19H17BrO5. The highest BCUT2D eigenvalue weighted by Crippen LogP contribution is 2.16. The fourth-order valence-corrected chi connectivity index (χ4v) is 2.52. The van der Waals surface area contributed by atoms with Gasteiger partial charge in [0.1, 0.15) is 19.0 Å². The van der Waals surface area contributed by atoms with E-state index in [0.717, 1.165) is 0 Å². The van der Waals surface area contributed by atoms with Gasteiger partial charge in [-0.05, 0) is 24.3 Å². The molecule has 130 valence electrons. The zero-order chi connectivity index (χ0) is 18.1. The van der Waals surface area contributed by atoms with Gasteiger partial charge in [-0.1, -0.05) is 52.3 Å². The molecule has 25 heavy (non-hydrogen) atoms. The molecule has 0 aliphatic heterocycles. The molecular weight excluding hydrogens is 388 g/mol. The lowest BCUT2D eigenvalue weighted by Crippen LogP contribution is -2.32. The normalized spacial score (nSPS) is 12.7. The SMILES string of the molecule is O=CCC(OC(=O)c1ccccc1)C(Br)COC(=O)c1ccccc1. The summed E-state index contributed by atoms with van der Waals surface area (Å²) >= 11 is 3.33. The van der Waals surface area contributed by atoms with E-state index in [4.69, 9.17) is 9.47 Å². The van der Waals surface area contributed by atoms with Gasteiger partial charge in [0.15, 0.2) is 0 Å². The first kappa shape index (κ1) is 18.9. The summed E-state index contributed by atoms with van der Waals surface area (Å²) in [5, 5.41) is 0. The van der Waals surface area contributed by atoms with Crippen LogP contribution < -0.4 is 0 Å². The molecule has 5 nitrogen and oxygen atoms in total. The number of halogens is 1. The van der Waals surface area contributed by atoms with Crippen LogP contribution in [0.4, 0.5) is 0 Å². The zero-order valence-electron chi connectivity index (χ0n) is 13.3. The van der Waals surface area contributed by atoms with Crippen LogP contribution in [0.2, 0.25) is 0 Å². The molecule has 0 N–H and O–H groups in total. The molecule has 0 aromatic heterocycles. The van der Waals surface area contributed by atoms with Crippen LogP contribution >= 0.6 is 15.9 Å². The standard InChI is InChI=1S/C19H17BrO5/c20-16(13-24-18(22)14-7-3-1-4-8-14)17(11-12-21)25-19(23)15-9-5-2-6-10-15/h1-10,12,16-17H,11,13H2. The second-order valence-electron chi connectivity index (χ2n) is 5.19. The van der Waals surface area contributed by atoms with E-state index in [1.165, 1.54) is 0 Å². The number of hydrogen-bond acceptors (Lipinski definition) is 5. The first-order chi connectivity index (χ1) is 12.1. The van der Waals surface area contributed by atoms with Gasteiger partial charge in [0.2, 0.25) is 0 Å². The first-order valence-electron chi connectivity index (χ1n) is 7.67. The average molecular weight is 405 g/mol. The number of aldehydes is 1. The Hall–Kier alpha value is -2.47. The van der Waals surface area contributed by atoms with Crippen molar-refractivity contribution in [3.05, 3.63) is 71.8 Å². The van der Waals surface area contributed by atoms with Gasteiger partial charge in [-0.25, -0.2) is 9.59 Å². The number of rotatable bonds is 8. The summed E-state index contributed by atoms with van der Waals surface area (Å²) in [6, 6.07) is 17.0. The topological polar surface area (TPSA) is 69.7 Å². The molecule has 2 aromatic rings. The van der Waals surface area contributed by atoms with Crippen LogP contribution in [0.5, 0.6) is 0 Å². The van der Waals surface area contributed by atoms with Gasteiger partial charge in [-0.3, -0.25) is 0 Å². The molecule has 6 heteroatoms. The second kappa shape index (κ2) is 9.74. The van der Waals surface area contributed by atoms with Crippen LogP contribution in [0.3, 0.4) is 0 Å². The molecule has 0 spiro atoms. The van der Waals surface area contributed by atoms with Crippen LogP contribution in [0.25, 0.3) is 0 Å². The van der Waals surface area contributed by atoms with E-state index in [1.807, 2.05) is 0 Å². The van der Waals surface area contributed by atoms with Gasteiger partial charge < -0.3 is 14.3 Å². The highest BCUT2D eigenvalue weighted by atomic mass is 79.9. The minimum Gasteiger partial charge on any atom is -0.461 e. The Labute approximate surface area is 154 Å². The molecule has 0 fully saturated rings. The molecule has 0 aliphatic rings. The second-order valence-corrected chi connectivity index (χ2v) is 6.37. The highest BCUT2D eigenvalue weighted by molar-refractivity contribution is 9.09. The molecule has 2 rings (SSSR count). The molecule has 0 saturated carbocycles. The van der Waals surface area contributed by atoms with Crippen molar-refractivity contribution in [3.63, 3.8) is 0 Å². The minimum atomic E-state index is -0.742. The average Bonchev–Trinajstić information content (AvgIpc) is 2.66. The first-order valence-corrected chi connectivity index (χ1v) is 8.59. The zero-order valence-corrected chi connectivity index (χ0v) is 14.9. The lowest BCUT2D eigenvalue weighted by Gasteiger charge is -2.21. The summed E-state index contributed by atoms with van der Waals surface area (Å²) in [6.45, 7) is -0.0334. The van der Waals surface area contributed by atoms with E-state index in [2.05, 4.69) is 15.9 Å². The molecule has 2 unspecified atom stereocenters. The molecule has 0 heterocycles. The number of hydrogen-bond donors (Lipinski definition) is 0. The minimum absolute atomic E-state index is 0.00260. The maximum atomic E-state index is 12.1. The number of benzene rings is 2. The quantitative estimate of drug-likeness (QED) is 0.383. The molecule has 2 atom stereocenters. The van der Waals surface area contributed by atoms with Crippen molar-refractivity contribution in [2.45, 2.75) is 17.4 Å². The molecule has 0 saturated heterocycles. The van der Waals surface area contributed by atoms with E-state index in [-0.39, 0.29) is 13.0 Å². The maximum Gasteiger partial charge on any atom is 0.338 e. The van der Waals surface area contributed by atoms with Gasteiger partial charge in [-0.15, -0.1) is 0 Å². The third kappa shape index (κ3) is 5.83. The Balaban J connectivity index is 1.93. The predicted molar refractivity (Wildman–Crippen MR) is 95.8 cm³/mol. The third-order valence-electron chi connectivity index (χ3n) is 3.38. The Kier molecular flexibility index (Phi) is 7.35. The molecule has 0 amide bonds. The van der Waals surface area contributed by atoms with E-state index in [1.54, 1.807) is 60.7 Å². The summed E-state index contributed by atoms with van der Waals surface area (Å²) in [5.41, 5.74) is 0.815. The largest absolute Gasteiger partial charge is 0.461 e. The summed E-state index contributed by atoms with van der Waals surface area (Å²) in [7, 11) is 0. The van der Waals surface area contributed by atoms with Crippen LogP contribution in [-0.4, -0.2) is 35.8 Å². The van der Waals surface area contributed by atoms with Crippen molar-refractivity contribution in [2.75, 3.05) is 6.61 Å². The van der Waals surface area contributed by atoms with E-state index in [0.29, 0.717) is 17.4 Å². The van der Waals surface area contributed by atoms with Crippen LogP contribution in [0.15, 0.2) is 60.7 Å².